The minimum Gasteiger partial charge on any atom is -0.396 e. The largest absolute Gasteiger partial charge is 0.396 e. The van der Waals surface area contributed by atoms with E-state index in [4.69, 9.17) is 28.3 Å². The van der Waals surface area contributed by atoms with Crippen molar-refractivity contribution in [2.24, 2.45) is 0 Å². The number of carbonyl (C=O) groups excluding carboxylic acids is 1. The zero-order chi connectivity index (χ0) is 15.2. The Morgan fingerprint density at radius 2 is 2.10 bits per heavy atom. The number of aliphatic hydroxyl groups is 1. The van der Waals surface area contributed by atoms with Crippen LogP contribution in [0.1, 0.15) is 31.2 Å². The molecule has 0 unspecified atom stereocenters. The van der Waals surface area contributed by atoms with E-state index in [0.29, 0.717) is 29.1 Å². The van der Waals surface area contributed by atoms with Crippen LogP contribution < -0.4 is 0 Å². The number of rotatable bonds is 6. The SMILES string of the molecule is O=C(/C=C/c1ccc(Cl)c(Cl)c1)N(CCCO)C1CCC1. The third-order valence-corrected chi connectivity index (χ3v) is 4.46. The van der Waals surface area contributed by atoms with Crippen molar-refractivity contribution in [3.63, 3.8) is 0 Å². The summed E-state index contributed by atoms with van der Waals surface area (Å²) < 4.78 is 0. The van der Waals surface area contributed by atoms with E-state index in [2.05, 4.69) is 0 Å². The maximum absolute atomic E-state index is 12.3. The smallest absolute Gasteiger partial charge is 0.246 e. The quantitative estimate of drug-likeness (QED) is 0.808. The minimum atomic E-state index is -0.0146. The summed E-state index contributed by atoms with van der Waals surface area (Å²) in [5.41, 5.74) is 0.841. The van der Waals surface area contributed by atoms with Crippen LogP contribution in [0.25, 0.3) is 6.08 Å². The van der Waals surface area contributed by atoms with Crippen LogP contribution in [0.5, 0.6) is 0 Å². The average Bonchev–Trinajstić information content (AvgIpc) is 2.42. The molecule has 0 bridgehead atoms. The molecule has 5 heteroatoms. The average molecular weight is 328 g/mol. The Balaban J connectivity index is 2.02. The molecule has 0 radical (unpaired) electrons. The van der Waals surface area contributed by atoms with E-state index in [0.717, 1.165) is 18.4 Å². The highest BCUT2D eigenvalue weighted by molar-refractivity contribution is 6.42. The fraction of sp³-hybridized carbons (Fsp3) is 0.438. The summed E-state index contributed by atoms with van der Waals surface area (Å²) in [7, 11) is 0. The van der Waals surface area contributed by atoms with Crippen LogP contribution in [-0.4, -0.2) is 35.1 Å². The molecule has 0 saturated heterocycles. The Kier molecular flexibility index (Phi) is 6.09. The first-order valence-corrected chi connectivity index (χ1v) is 7.92. The highest BCUT2D eigenvalue weighted by Gasteiger charge is 2.26. The van der Waals surface area contributed by atoms with Gasteiger partial charge in [-0.25, -0.2) is 0 Å². The van der Waals surface area contributed by atoms with Crippen LogP contribution >= 0.6 is 23.2 Å². The Morgan fingerprint density at radius 3 is 2.67 bits per heavy atom. The summed E-state index contributed by atoms with van der Waals surface area (Å²) in [4.78, 5) is 14.2. The molecule has 1 fully saturated rings. The zero-order valence-electron chi connectivity index (χ0n) is 11.8. The number of benzene rings is 1. The van der Waals surface area contributed by atoms with Crippen LogP contribution in [0.15, 0.2) is 24.3 Å². The predicted octanol–water partition coefficient (Wildman–Crippen LogP) is 3.77. The molecule has 0 aliphatic heterocycles. The Bertz CT molecular complexity index is 527. The monoisotopic (exact) mass is 327 g/mol. The summed E-state index contributed by atoms with van der Waals surface area (Å²) in [5.74, 6) is -0.0146. The van der Waals surface area contributed by atoms with Crippen LogP contribution in [-0.2, 0) is 4.79 Å². The van der Waals surface area contributed by atoms with Gasteiger partial charge in [-0.15, -0.1) is 0 Å². The third kappa shape index (κ3) is 4.47. The molecule has 0 spiro atoms. The predicted molar refractivity (Wildman–Crippen MR) is 86.6 cm³/mol. The molecule has 1 aromatic carbocycles. The lowest BCUT2D eigenvalue weighted by Crippen LogP contribution is -2.44. The first kappa shape index (κ1) is 16.3. The lowest BCUT2D eigenvalue weighted by atomic mass is 9.91. The van der Waals surface area contributed by atoms with E-state index in [9.17, 15) is 4.79 Å². The highest BCUT2D eigenvalue weighted by Crippen LogP contribution is 2.26. The molecule has 1 aliphatic carbocycles. The summed E-state index contributed by atoms with van der Waals surface area (Å²) in [6, 6.07) is 5.58. The summed E-state index contributed by atoms with van der Waals surface area (Å²) in [5, 5.41) is 9.92. The zero-order valence-corrected chi connectivity index (χ0v) is 13.3. The van der Waals surface area contributed by atoms with E-state index in [1.54, 1.807) is 24.3 Å². The van der Waals surface area contributed by atoms with Crippen molar-refractivity contribution in [2.75, 3.05) is 13.2 Å². The fourth-order valence-electron chi connectivity index (χ4n) is 2.29. The Hall–Kier alpha value is -1.03. The second kappa shape index (κ2) is 7.83. The van der Waals surface area contributed by atoms with Gasteiger partial charge in [0.25, 0.3) is 0 Å². The van der Waals surface area contributed by atoms with Gasteiger partial charge >= 0.3 is 0 Å². The van der Waals surface area contributed by atoms with Gasteiger partial charge in [-0.2, -0.15) is 0 Å². The van der Waals surface area contributed by atoms with Crippen LogP contribution in [0.4, 0.5) is 0 Å². The molecule has 1 N–H and O–H groups in total. The van der Waals surface area contributed by atoms with Gasteiger partial charge in [0.05, 0.1) is 10.0 Å². The number of aliphatic hydroxyl groups excluding tert-OH is 1. The Morgan fingerprint density at radius 1 is 1.33 bits per heavy atom. The van der Waals surface area contributed by atoms with Crippen molar-refractivity contribution in [1.82, 2.24) is 4.90 Å². The van der Waals surface area contributed by atoms with Crippen LogP contribution in [0, 0.1) is 0 Å². The van der Waals surface area contributed by atoms with E-state index < -0.39 is 0 Å². The molecule has 0 atom stereocenters. The van der Waals surface area contributed by atoms with Gasteiger partial charge in [-0.05, 0) is 49.5 Å². The summed E-state index contributed by atoms with van der Waals surface area (Å²) >= 11 is 11.8. The third-order valence-electron chi connectivity index (χ3n) is 3.72. The molecule has 1 aromatic rings. The van der Waals surface area contributed by atoms with Crippen molar-refractivity contribution in [2.45, 2.75) is 31.7 Å². The number of amides is 1. The van der Waals surface area contributed by atoms with Crippen LogP contribution in [0.3, 0.4) is 0 Å². The number of halogens is 2. The molecule has 0 heterocycles. The molecule has 2 rings (SSSR count). The first-order valence-electron chi connectivity index (χ1n) is 7.16. The van der Waals surface area contributed by atoms with Crippen molar-refractivity contribution in [1.29, 1.82) is 0 Å². The maximum Gasteiger partial charge on any atom is 0.246 e. The lowest BCUT2D eigenvalue weighted by molar-refractivity contribution is -0.130. The molecule has 21 heavy (non-hydrogen) atoms. The van der Waals surface area contributed by atoms with Crippen molar-refractivity contribution >= 4 is 35.2 Å². The second-order valence-corrected chi connectivity index (χ2v) is 6.01. The van der Waals surface area contributed by atoms with Gasteiger partial charge < -0.3 is 10.0 Å². The van der Waals surface area contributed by atoms with E-state index >= 15 is 0 Å². The van der Waals surface area contributed by atoms with Gasteiger partial charge in [0.15, 0.2) is 0 Å². The summed E-state index contributed by atoms with van der Waals surface area (Å²) in [6.45, 7) is 0.707. The van der Waals surface area contributed by atoms with Gasteiger partial charge in [-0.1, -0.05) is 29.3 Å². The van der Waals surface area contributed by atoms with Gasteiger partial charge in [0.2, 0.25) is 5.91 Å². The van der Waals surface area contributed by atoms with Gasteiger partial charge in [-0.3, -0.25) is 4.79 Å². The molecule has 1 amide bonds. The number of nitrogens with zero attached hydrogens (tertiary/aromatic N) is 1. The molecule has 1 saturated carbocycles. The van der Waals surface area contributed by atoms with E-state index in [1.165, 1.54) is 6.42 Å². The molecular weight excluding hydrogens is 309 g/mol. The van der Waals surface area contributed by atoms with Gasteiger partial charge in [0, 0.05) is 25.3 Å². The number of hydrogen-bond donors (Lipinski definition) is 1. The number of carbonyl (C=O) groups is 1. The summed E-state index contributed by atoms with van der Waals surface area (Å²) in [6.07, 6.45) is 7.20. The van der Waals surface area contributed by atoms with E-state index in [-0.39, 0.29) is 12.5 Å². The molecule has 3 nitrogen and oxygen atoms in total. The van der Waals surface area contributed by atoms with Crippen molar-refractivity contribution < 1.29 is 9.90 Å². The Labute approximate surface area is 135 Å². The normalized spacial score (nSPS) is 15.2. The van der Waals surface area contributed by atoms with E-state index in [1.807, 2.05) is 11.0 Å². The van der Waals surface area contributed by atoms with Crippen LogP contribution in [0.2, 0.25) is 10.0 Å². The highest BCUT2D eigenvalue weighted by atomic mass is 35.5. The second-order valence-electron chi connectivity index (χ2n) is 5.20. The molecular formula is C16H19Cl2NO2. The topological polar surface area (TPSA) is 40.5 Å². The number of hydrogen-bond acceptors (Lipinski definition) is 2. The van der Waals surface area contributed by atoms with Gasteiger partial charge in [0.1, 0.15) is 0 Å². The molecule has 0 aromatic heterocycles. The first-order chi connectivity index (χ1) is 10.1. The molecule has 1 aliphatic rings. The minimum absolute atomic E-state index is 0.0146. The lowest BCUT2D eigenvalue weighted by Gasteiger charge is -2.37. The standard InChI is InChI=1S/C16H19Cl2NO2/c17-14-7-5-12(11-15(14)18)6-8-16(21)19(9-2-10-20)13-3-1-4-13/h5-8,11,13,20H,1-4,9-10H2/b8-6+. The van der Waals surface area contributed by atoms with Crippen molar-refractivity contribution in [3.05, 3.63) is 39.9 Å². The molecule has 114 valence electrons. The fourth-order valence-corrected chi connectivity index (χ4v) is 2.60. The maximum atomic E-state index is 12.3. The van der Waals surface area contributed by atoms with Crippen molar-refractivity contribution in [3.8, 4) is 0 Å².